The molecule has 13 heteroatoms. The van der Waals surface area contributed by atoms with Crippen LogP contribution in [0.1, 0.15) is 44.8 Å². The minimum Gasteiger partial charge on any atom is -0.415 e. The zero-order chi connectivity index (χ0) is 33.2. The molecule has 0 spiro atoms. The van der Waals surface area contributed by atoms with Gasteiger partial charge in [-0.2, -0.15) is 0 Å². The van der Waals surface area contributed by atoms with Gasteiger partial charge in [0.25, 0.3) is 0 Å². The third-order valence-corrected chi connectivity index (χ3v) is 10.9. The standard InChI is InChI=1S/C31H59N3O7Si3/c1-20(21(2)39-42(5,6)7)28-27(38-28)16-26-30(41-44(11,12)13)29(40-43(8,9)10)22(19-37-26)14-24(35)15-25(36)23-17-32-31(33-18-23)34(3)4/h17-18,20-22,25-30,36H,14-16,19H2,1-13H3/t20-,21+,22+,25?,26+,27+,28+,29-,30-/m1/s1. The van der Waals surface area contributed by atoms with Crippen LogP contribution < -0.4 is 4.90 Å². The normalized spacial score (nSPS) is 28.3. The molecule has 0 aliphatic carbocycles. The Morgan fingerprint density at radius 3 is 2.05 bits per heavy atom. The van der Waals surface area contributed by atoms with Crippen LogP contribution in [-0.4, -0.2) is 103 Å². The summed E-state index contributed by atoms with van der Waals surface area (Å²) in [5.41, 5.74) is 0.525. The Morgan fingerprint density at radius 2 is 1.52 bits per heavy atom. The van der Waals surface area contributed by atoms with Crippen LogP contribution in [0.5, 0.6) is 0 Å². The molecule has 44 heavy (non-hydrogen) atoms. The lowest BCUT2D eigenvalue weighted by molar-refractivity contribution is -0.159. The first-order valence-electron chi connectivity index (χ1n) is 16.1. The maximum Gasteiger partial charge on any atom is 0.224 e. The number of hydrogen-bond donors (Lipinski definition) is 1. The number of hydrogen-bond acceptors (Lipinski definition) is 10. The van der Waals surface area contributed by atoms with Crippen molar-refractivity contribution in [3.8, 4) is 0 Å². The van der Waals surface area contributed by atoms with Gasteiger partial charge in [0.05, 0.1) is 43.2 Å². The Bertz CT molecular complexity index is 1080. The van der Waals surface area contributed by atoms with Crippen molar-refractivity contribution in [1.82, 2.24) is 9.97 Å². The minimum absolute atomic E-state index is 0.0169. The molecule has 1 aromatic rings. The lowest BCUT2D eigenvalue weighted by Gasteiger charge is -2.47. The molecule has 1 aromatic heterocycles. The fourth-order valence-corrected chi connectivity index (χ4v) is 9.41. The third kappa shape index (κ3) is 11.6. The largest absolute Gasteiger partial charge is 0.415 e. The molecule has 2 saturated heterocycles. The van der Waals surface area contributed by atoms with Gasteiger partial charge in [-0.05, 0) is 65.8 Å². The molecule has 2 aliphatic heterocycles. The van der Waals surface area contributed by atoms with Gasteiger partial charge >= 0.3 is 0 Å². The summed E-state index contributed by atoms with van der Waals surface area (Å²) in [6.07, 6.45) is 2.70. The Balaban J connectivity index is 1.73. The maximum atomic E-state index is 13.4. The van der Waals surface area contributed by atoms with Gasteiger partial charge in [0.15, 0.2) is 25.0 Å². The molecule has 1 N–H and O–H groups in total. The molecular formula is C31H59N3O7Si3. The molecule has 3 rings (SSSR count). The second-order valence-corrected chi connectivity index (χ2v) is 29.2. The van der Waals surface area contributed by atoms with Crippen LogP contribution in [0.25, 0.3) is 0 Å². The zero-order valence-electron chi connectivity index (χ0n) is 29.4. The summed E-state index contributed by atoms with van der Waals surface area (Å²) in [6.45, 7) is 24.5. The summed E-state index contributed by atoms with van der Waals surface area (Å²) >= 11 is 0. The topological polar surface area (TPSA) is 116 Å². The second kappa shape index (κ2) is 14.8. The molecule has 1 unspecified atom stereocenters. The number of aromatic nitrogens is 2. The second-order valence-electron chi connectivity index (χ2n) is 15.9. The van der Waals surface area contributed by atoms with E-state index in [0.717, 1.165) is 6.42 Å². The molecule has 0 bridgehead atoms. The van der Waals surface area contributed by atoms with Crippen LogP contribution >= 0.6 is 0 Å². The molecule has 0 aromatic carbocycles. The van der Waals surface area contributed by atoms with E-state index >= 15 is 0 Å². The number of rotatable bonds is 16. The molecular weight excluding hydrogens is 611 g/mol. The average molecular weight is 670 g/mol. The number of carbonyl (C=O) groups is 1. The molecule has 2 fully saturated rings. The van der Waals surface area contributed by atoms with Crippen molar-refractivity contribution < 1.29 is 32.7 Å². The first-order valence-corrected chi connectivity index (χ1v) is 26.4. The van der Waals surface area contributed by atoms with E-state index in [1.54, 1.807) is 17.3 Å². The Labute approximate surface area is 269 Å². The summed E-state index contributed by atoms with van der Waals surface area (Å²) in [5, 5.41) is 10.8. The van der Waals surface area contributed by atoms with Crippen molar-refractivity contribution in [2.24, 2.45) is 11.8 Å². The number of aliphatic hydroxyl groups is 1. The predicted octanol–water partition coefficient (Wildman–Crippen LogP) is 5.41. The number of epoxide rings is 1. The van der Waals surface area contributed by atoms with Gasteiger partial charge < -0.3 is 32.8 Å². The number of ketones is 1. The fraction of sp³-hybridized carbons (Fsp3) is 0.839. The van der Waals surface area contributed by atoms with Crippen molar-refractivity contribution in [2.45, 2.75) is 135 Å². The van der Waals surface area contributed by atoms with E-state index in [4.69, 9.17) is 22.8 Å². The molecule has 252 valence electrons. The van der Waals surface area contributed by atoms with Gasteiger partial charge in [0.2, 0.25) is 5.95 Å². The van der Waals surface area contributed by atoms with Crippen LogP contribution in [0.4, 0.5) is 5.95 Å². The van der Waals surface area contributed by atoms with Crippen molar-refractivity contribution in [1.29, 1.82) is 0 Å². The molecule has 3 heterocycles. The molecule has 0 amide bonds. The predicted molar refractivity (Wildman–Crippen MR) is 182 cm³/mol. The quantitative estimate of drug-likeness (QED) is 0.181. The number of Topliss-reactive ketones (excluding diaryl/α,β-unsaturated/α-hetero) is 1. The lowest BCUT2D eigenvalue weighted by Crippen LogP contribution is -2.58. The van der Waals surface area contributed by atoms with E-state index in [1.807, 2.05) is 14.1 Å². The summed E-state index contributed by atoms with van der Waals surface area (Å²) in [4.78, 5) is 23.7. The summed E-state index contributed by atoms with van der Waals surface area (Å²) < 4.78 is 32.8. The van der Waals surface area contributed by atoms with E-state index in [9.17, 15) is 9.90 Å². The van der Waals surface area contributed by atoms with Crippen molar-refractivity contribution in [2.75, 3.05) is 25.6 Å². The number of aliphatic hydroxyl groups excluding tert-OH is 1. The number of carbonyl (C=O) groups excluding carboxylic acids is 1. The minimum atomic E-state index is -2.02. The first kappa shape index (κ1) is 37.4. The lowest BCUT2D eigenvalue weighted by atomic mass is 9.85. The van der Waals surface area contributed by atoms with Crippen LogP contribution in [-0.2, 0) is 27.5 Å². The highest BCUT2D eigenvalue weighted by atomic mass is 28.4. The Kier molecular flexibility index (Phi) is 12.6. The third-order valence-electron chi connectivity index (χ3n) is 7.90. The van der Waals surface area contributed by atoms with Crippen LogP contribution in [0, 0.1) is 11.8 Å². The van der Waals surface area contributed by atoms with Gasteiger partial charge in [-0.15, -0.1) is 0 Å². The van der Waals surface area contributed by atoms with Crippen LogP contribution in [0.3, 0.4) is 0 Å². The Hall–Kier alpha value is -1.04. The van der Waals surface area contributed by atoms with Gasteiger partial charge in [-0.25, -0.2) is 9.97 Å². The van der Waals surface area contributed by atoms with Crippen molar-refractivity contribution in [3.05, 3.63) is 18.0 Å². The highest BCUT2D eigenvalue weighted by Crippen LogP contribution is 2.40. The summed E-state index contributed by atoms with van der Waals surface area (Å²) in [6, 6.07) is 0. The first-order chi connectivity index (χ1) is 20.1. The highest BCUT2D eigenvalue weighted by Gasteiger charge is 2.52. The van der Waals surface area contributed by atoms with E-state index in [-0.39, 0.29) is 67.1 Å². The SMILES string of the molecule is C[C@@H]([C@@H]1O[C@H]1C[C@@H]1OC[C@H](CC(=O)CC(O)c2cnc(N(C)C)nc2)[C@@H](O[Si](C)(C)C)[C@@H]1O[Si](C)(C)C)[C@H](C)O[Si](C)(C)C. The monoisotopic (exact) mass is 669 g/mol. The van der Waals surface area contributed by atoms with E-state index in [1.165, 1.54) is 0 Å². The van der Waals surface area contributed by atoms with Gasteiger partial charge in [-0.1, -0.05) is 6.92 Å². The van der Waals surface area contributed by atoms with Crippen molar-refractivity contribution in [3.63, 3.8) is 0 Å². The van der Waals surface area contributed by atoms with Crippen molar-refractivity contribution >= 4 is 36.7 Å². The Morgan fingerprint density at radius 1 is 0.955 bits per heavy atom. The highest BCUT2D eigenvalue weighted by molar-refractivity contribution is 6.70. The van der Waals surface area contributed by atoms with Gasteiger partial charge in [-0.3, -0.25) is 4.79 Å². The average Bonchev–Trinajstić information content (AvgIpc) is 3.63. The van der Waals surface area contributed by atoms with Crippen LogP contribution in [0.15, 0.2) is 12.4 Å². The molecule has 2 aliphatic rings. The smallest absolute Gasteiger partial charge is 0.224 e. The van der Waals surface area contributed by atoms with E-state index < -0.39 is 31.1 Å². The molecule has 9 atom stereocenters. The van der Waals surface area contributed by atoms with E-state index in [2.05, 4.69) is 82.7 Å². The van der Waals surface area contributed by atoms with Gasteiger partial charge in [0.1, 0.15) is 5.78 Å². The molecule has 10 nitrogen and oxygen atoms in total. The molecule has 0 saturated carbocycles. The van der Waals surface area contributed by atoms with E-state index in [0.29, 0.717) is 18.1 Å². The van der Waals surface area contributed by atoms with Gasteiger partial charge in [0, 0.05) is 69.3 Å². The zero-order valence-corrected chi connectivity index (χ0v) is 32.4. The summed E-state index contributed by atoms with van der Waals surface area (Å²) in [5.74, 6) is 0.606. The number of anilines is 1. The summed E-state index contributed by atoms with van der Waals surface area (Å²) in [7, 11) is -1.98. The fourth-order valence-electron chi connectivity index (χ4n) is 5.83. The van der Waals surface area contributed by atoms with Crippen LogP contribution in [0.2, 0.25) is 58.9 Å². The number of ether oxygens (including phenoxy) is 2. The number of nitrogens with zero attached hydrogens (tertiary/aromatic N) is 3. The molecule has 0 radical (unpaired) electrons. The maximum absolute atomic E-state index is 13.4.